The van der Waals surface area contributed by atoms with E-state index >= 15 is 0 Å². The predicted molar refractivity (Wildman–Crippen MR) is 139 cm³/mol. The van der Waals surface area contributed by atoms with Gasteiger partial charge in [0.25, 0.3) is 5.56 Å². The second-order valence-corrected chi connectivity index (χ2v) is 9.63. The number of aromatic nitrogens is 4. The zero-order valence-corrected chi connectivity index (χ0v) is 19.9. The monoisotopic (exact) mass is 462 g/mol. The number of fused-ring (bicyclic) bond motifs is 3. The van der Waals surface area contributed by atoms with Crippen molar-refractivity contribution in [3.63, 3.8) is 0 Å². The third-order valence-corrected chi connectivity index (χ3v) is 7.08. The van der Waals surface area contributed by atoms with Crippen LogP contribution in [0.25, 0.3) is 39.0 Å². The lowest BCUT2D eigenvalue weighted by atomic mass is 9.95. The number of rotatable bonds is 3. The fourth-order valence-electron chi connectivity index (χ4n) is 4.71. The summed E-state index contributed by atoms with van der Waals surface area (Å²) in [5.41, 5.74) is 9.03. The minimum Gasteiger partial charge on any atom is -0.267 e. The lowest BCUT2D eigenvalue weighted by molar-refractivity contribution is 0.883. The molecule has 0 amide bonds. The van der Waals surface area contributed by atoms with Gasteiger partial charge in [-0.3, -0.25) is 4.79 Å². The first-order chi connectivity index (χ1) is 16.5. The topological polar surface area (TPSA) is 52.2 Å². The highest BCUT2D eigenvalue weighted by Gasteiger charge is 2.17. The van der Waals surface area contributed by atoms with E-state index in [1.165, 1.54) is 28.0 Å². The van der Waals surface area contributed by atoms with Crippen LogP contribution >= 0.6 is 11.3 Å². The Bertz CT molecular complexity index is 1790. The van der Waals surface area contributed by atoms with E-state index in [-0.39, 0.29) is 5.56 Å². The highest BCUT2D eigenvalue weighted by atomic mass is 32.1. The van der Waals surface area contributed by atoms with Gasteiger partial charge in [-0.2, -0.15) is 5.10 Å². The summed E-state index contributed by atoms with van der Waals surface area (Å²) in [4.78, 5) is 18.7. The Morgan fingerprint density at radius 3 is 2.38 bits per heavy atom. The Balaban J connectivity index is 1.62. The number of hydrogen-bond donors (Lipinski definition) is 0. The molecule has 6 heteroatoms. The maximum Gasteiger partial charge on any atom is 0.274 e. The second kappa shape index (κ2) is 7.78. The molecule has 0 atom stereocenters. The average Bonchev–Trinajstić information content (AvgIpc) is 3.47. The van der Waals surface area contributed by atoms with E-state index in [1.54, 1.807) is 4.40 Å². The first-order valence-corrected chi connectivity index (χ1v) is 12.0. The van der Waals surface area contributed by atoms with Crippen molar-refractivity contribution in [1.29, 1.82) is 0 Å². The summed E-state index contributed by atoms with van der Waals surface area (Å²) in [6, 6.07) is 22.1. The van der Waals surface area contributed by atoms with E-state index in [9.17, 15) is 4.79 Å². The van der Waals surface area contributed by atoms with Gasteiger partial charge in [0.15, 0.2) is 4.96 Å². The summed E-state index contributed by atoms with van der Waals surface area (Å²) >= 11 is 1.41. The molecule has 0 spiro atoms. The molecule has 0 aliphatic carbocycles. The van der Waals surface area contributed by atoms with Crippen molar-refractivity contribution in [3.8, 4) is 16.9 Å². The van der Waals surface area contributed by atoms with Crippen LogP contribution in [0.3, 0.4) is 0 Å². The Morgan fingerprint density at radius 2 is 1.62 bits per heavy atom. The van der Waals surface area contributed by atoms with E-state index in [0.29, 0.717) is 9.49 Å². The van der Waals surface area contributed by atoms with Crippen LogP contribution in [0.5, 0.6) is 0 Å². The summed E-state index contributed by atoms with van der Waals surface area (Å²) in [7, 11) is 0. The van der Waals surface area contributed by atoms with Gasteiger partial charge >= 0.3 is 0 Å². The fraction of sp³-hybridized carbons (Fsp3) is 0.107. The number of benzene rings is 3. The van der Waals surface area contributed by atoms with Crippen LogP contribution in [0, 0.1) is 20.8 Å². The molecular formula is C28H22N4OS. The van der Waals surface area contributed by atoms with E-state index in [2.05, 4.69) is 37.9 Å². The molecule has 166 valence electrons. The van der Waals surface area contributed by atoms with Crippen LogP contribution in [-0.4, -0.2) is 19.2 Å². The van der Waals surface area contributed by atoms with Crippen molar-refractivity contribution < 1.29 is 0 Å². The third-order valence-electron chi connectivity index (χ3n) is 6.11. The van der Waals surface area contributed by atoms with Crippen LogP contribution in [0.2, 0.25) is 0 Å². The van der Waals surface area contributed by atoms with Crippen molar-refractivity contribution in [2.45, 2.75) is 20.8 Å². The molecule has 0 aliphatic rings. The molecule has 0 bridgehead atoms. The highest BCUT2D eigenvalue weighted by molar-refractivity contribution is 7.15. The van der Waals surface area contributed by atoms with Gasteiger partial charge < -0.3 is 0 Å². The van der Waals surface area contributed by atoms with Crippen LogP contribution < -0.4 is 10.1 Å². The summed E-state index contributed by atoms with van der Waals surface area (Å²) < 4.78 is 4.23. The quantitative estimate of drug-likeness (QED) is 0.362. The molecule has 3 aromatic carbocycles. The predicted octanol–water partition coefficient (Wildman–Crippen LogP) is 5.23. The number of aryl methyl sites for hydroxylation is 3. The summed E-state index contributed by atoms with van der Waals surface area (Å²) in [6.07, 6.45) is 3.96. The summed E-state index contributed by atoms with van der Waals surface area (Å²) in [5, 5.41) is 4.98. The van der Waals surface area contributed by atoms with Gasteiger partial charge in [0.05, 0.1) is 21.3 Å². The number of thiazole rings is 1. The average molecular weight is 463 g/mol. The fourth-order valence-corrected chi connectivity index (χ4v) is 5.68. The largest absolute Gasteiger partial charge is 0.274 e. The number of hydrogen-bond acceptors (Lipinski definition) is 4. The maximum atomic E-state index is 13.4. The third kappa shape index (κ3) is 3.26. The summed E-state index contributed by atoms with van der Waals surface area (Å²) in [5.74, 6) is 0. The molecule has 0 aliphatic heterocycles. The van der Waals surface area contributed by atoms with Crippen LogP contribution in [0.15, 0.2) is 77.7 Å². The van der Waals surface area contributed by atoms with E-state index in [4.69, 9.17) is 5.10 Å². The number of para-hydroxylation sites is 3. The highest BCUT2D eigenvalue weighted by Crippen LogP contribution is 2.31. The molecule has 5 nitrogen and oxygen atoms in total. The Morgan fingerprint density at radius 1 is 0.912 bits per heavy atom. The lowest BCUT2D eigenvalue weighted by Crippen LogP contribution is -2.22. The Labute approximate surface area is 200 Å². The molecule has 6 rings (SSSR count). The minimum absolute atomic E-state index is 0.0514. The van der Waals surface area contributed by atoms with Gasteiger partial charge in [-0.15, -0.1) is 0 Å². The van der Waals surface area contributed by atoms with Crippen LogP contribution in [0.4, 0.5) is 0 Å². The van der Waals surface area contributed by atoms with Gasteiger partial charge in [-0.05, 0) is 62.2 Å². The van der Waals surface area contributed by atoms with Crippen molar-refractivity contribution in [2.75, 3.05) is 0 Å². The summed E-state index contributed by atoms with van der Waals surface area (Å²) in [6.45, 7) is 6.34. The molecule has 0 saturated carbocycles. The standard InChI is InChI=1S/C28H22N4OS/c1-17-13-18(2)25(19(3)14-17)26-20(16-31(30-26)21-9-5-4-6-10-21)15-24-27(33)32-23-12-8-7-11-22(23)29-28(32)34-24/h4-16H,1-3H3/b24-15-. The minimum atomic E-state index is -0.0514. The van der Waals surface area contributed by atoms with E-state index in [1.807, 2.05) is 71.6 Å². The van der Waals surface area contributed by atoms with Crippen molar-refractivity contribution in [2.24, 2.45) is 0 Å². The number of imidazole rings is 1. The van der Waals surface area contributed by atoms with Gasteiger partial charge in [0.2, 0.25) is 0 Å². The van der Waals surface area contributed by atoms with Crippen LogP contribution in [-0.2, 0) is 0 Å². The molecule has 0 radical (unpaired) electrons. The molecule has 0 N–H and O–H groups in total. The lowest BCUT2D eigenvalue weighted by Gasteiger charge is -2.10. The Kier molecular flexibility index (Phi) is 4.71. The van der Waals surface area contributed by atoms with Gasteiger partial charge in [0, 0.05) is 17.3 Å². The van der Waals surface area contributed by atoms with Crippen molar-refractivity contribution in [1.82, 2.24) is 19.2 Å². The van der Waals surface area contributed by atoms with Gasteiger partial charge in [-0.1, -0.05) is 59.4 Å². The second-order valence-electron chi connectivity index (χ2n) is 8.62. The first-order valence-electron chi connectivity index (χ1n) is 11.1. The van der Waals surface area contributed by atoms with Crippen LogP contribution in [0.1, 0.15) is 22.3 Å². The maximum absolute atomic E-state index is 13.4. The molecule has 0 saturated heterocycles. The normalized spacial score (nSPS) is 12.3. The van der Waals surface area contributed by atoms with Crippen molar-refractivity contribution in [3.05, 3.63) is 110 Å². The van der Waals surface area contributed by atoms with Crippen molar-refractivity contribution >= 4 is 33.4 Å². The molecule has 3 heterocycles. The first kappa shape index (κ1) is 20.6. The van der Waals surface area contributed by atoms with Gasteiger partial charge in [-0.25, -0.2) is 14.1 Å². The SMILES string of the molecule is Cc1cc(C)c(-c2nn(-c3ccccc3)cc2/C=c2\sc3nc4ccccc4n3c2=O)c(C)c1. The molecule has 3 aromatic heterocycles. The molecule has 0 fully saturated rings. The molecular weight excluding hydrogens is 440 g/mol. The zero-order chi connectivity index (χ0) is 23.4. The zero-order valence-electron chi connectivity index (χ0n) is 19.1. The molecule has 6 aromatic rings. The Hall–Kier alpha value is -4.03. The number of nitrogens with zero attached hydrogens (tertiary/aromatic N) is 4. The van der Waals surface area contributed by atoms with E-state index in [0.717, 1.165) is 33.5 Å². The molecule has 34 heavy (non-hydrogen) atoms. The smallest absolute Gasteiger partial charge is 0.267 e. The van der Waals surface area contributed by atoms with E-state index < -0.39 is 0 Å². The van der Waals surface area contributed by atoms with Gasteiger partial charge in [0.1, 0.15) is 5.69 Å². The molecule has 0 unspecified atom stereocenters.